The summed E-state index contributed by atoms with van der Waals surface area (Å²) in [6.45, 7) is 6.82. The second-order valence-corrected chi connectivity index (χ2v) is 14.3. The molecular formula is C35H56N6O3. The van der Waals surface area contributed by atoms with E-state index < -0.39 is 0 Å². The molecule has 6 rings (SSSR count). The summed E-state index contributed by atoms with van der Waals surface area (Å²) in [6, 6.07) is 2.36. The van der Waals surface area contributed by atoms with E-state index in [0.29, 0.717) is 42.4 Å². The van der Waals surface area contributed by atoms with Gasteiger partial charge in [-0.3, -0.25) is 5.21 Å². The van der Waals surface area contributed by atoms with Crippen molar-refractivity contribution in [3.8, 4) is 0 Å². The van der Waals surface area contributed by atoms with Gasteiger partial charge in [-0.25, -0.2) is 24.8 Å². The molecular weight excluding hydrogens is 552 g/mol. The van der Waals surface area contributed by atoms with Crippen molar-refractivity contribution in [3.05, 3.63) is 11.3 Å². The summed E-state index contributed by atoms with van der Waals surface area (Å²) in [5.74, 6) is 1.44. The van der Waals surface area contributed by atoms with Crippen molar-refractivity contribution in [1.29, 1.82) is 0 Å². The van der Waals surface area contributed by atoms with Gasteiger partial charge >= 0.3 is 5.97 Å². The highest BCUT2D eigenvalue weighted by Gasteiger charge is 2.47. The Labute approximate surface area is 264 Å². The fourth-order valence-electron chi connectivity index (χ4n) is 8.75. The normalized spacial score (nSPS) is 30.6. The van der Waals surface area contributed by atoms with Gasteiger partial charge in [0.15, 0.2) is 0 Å². The first-order valence-corrected chi connectivity index (χ1v) is 18.1. The summed E-state index contributed by atoms with van der Waals surface area (Å²) in [7, 11) is 0. The van der Waals surface area contributed by atoms with Crippen LogP contribution in [0.2, 0.25) is 0 Å². The van der Waals surface area contributed by atoms with Gasteiger partial charge in [0.25, 0.3) is 0 Å². The Morgan fingerprint density at radius 3 is 2.43 bits per heavy atom. The lowest BCUT2D eigenvalue weighted by molar-refractivity contribution is -0.138. The van der Waals surface area contributed by atoms with E-state index in [4.69, 9.17) is 19.7 Å². The first-order chi connectivity index (χ1) is 21.4. The molecule has 0 aromatic heterocycles. The number of hydroxylamine groups is 2. The molecule has 9 nitrogen and oxygen atoms in total. The standard InChI is InChI=1S/C35H56N6O3/c1-4-5-6-8-11-14-26-22-28-18-19-31-32(25(3)37-34(38-26)40(28)31)33(42)44-20-13-10-7-9-12-15-30-23-29-17-16-27-21-24(2)36-35(39(27)29)41(30)43/h24,26-30,43H,4-23H2,1-3H3/t24-,26+,27+,28-,29-,30+/m0/s1. The van der Waals surface area contributed by atoms with Crippen LogP contribution in [0.3, 0.4) is 0 Å². The van der Waals surface area contributed by atoms with Crippen LogP contribution >= 0.6 is 0 Å². The first-order valence-electron chi connectivity index (χ1n) is 18.1. The number of nitrogens with zero attached hydrogens (tertiary/aromatic N) is 6. The Morgan fingerprint density at radius 1 is 0.886 bits per heavy atom. The number of hydrogen-bond acceptors (Lipinski definition) is 9. The molecule has 0 aromatic carbocycles. The lowest BCUT2D eigenvalue weighted by Crippen LogP contribution is -2.60. The maximum atomic E-state index is 13.2. The molecule has 6 atom stereocenters. The van der Waals surface area contributed by atoms with Gasteiger partial charge in [0.2, 0.25) is 11.9 Å². The number of allylic oxidation sites excluding steroid dienone is 1. The maximum Gasteiger partial charge on any atom is 0.341 e. The van der Waals surface area contributed by atoms with Gasteiger partial charge in [-0.1, -0.05) is 64.7 Å². The smallest absolute Gasteiger partial charge is 0.341 e. The van der Waals surface area contributed by atoms with E-state index >= 15 is 0 Å². The Morgan fingerprint density at radius 2 is 1.61 bits per heavy atom. The number of carbonyl (C=O) groups is 1. The van der Waals surface area contributed by atoms with Crippen LogP contribution < -0.4 is 0 Å². The zero-order valence-electron chi connectivity index (χ0n) is 27.6. The van der Waals surface area contributed by atoms with Gasteiger partial charge in [-0.05, 0) is 78.1 Å². The molecule has 0 aliphatic carbocycles. The molecule has 9 heteroatoms. The summed E-state index contributed by atoms with van der Waals surface area (Å²) < 4.78 is 5.79. The summed E-state index contributed by atoms with van der Waals surface area (Å²) in [6.07, 6.45) is 21.6. The van der Waals surface area contributed by atoms with Crippen molar-refractivity contribution in [2.75, 3.05) is 6.61 Å². The maximum absolute atomic E-state index is 13.2. The molecule has 244 valence electrons. The van der Waals surface area contributed by atoms with Crippen molar-refractivity contribution in [2.24, 2.45) is 15.0 Å². The third kappa shape index (κ3) is 6.73. The summed E-state index contributed by atoms with van der Waals surface area (Å²) in [5, 5.41) is 12.5. The third-order valence-electron chi connectivity index (χ3n) is 11.0. The van der Waals surface area contributed by atoms with E-state index in [1.165, 1.54) is 50.0 Å². The predicted octanol–water partition coefficient (Wildman–Crippen LogP) is 7.00. The van der Waals surface area contributed by atoms with Crippen LogP contribution in [0.1, 0.15) is 143 Å². The summed E-state index contributed by atoms with van der Waals surface area (Å²) in [5.41, 5.74) is 2.52. The highest BCUT2D eigenvalue weighted by molar-refractivity contribution is 6.23. The average Bonchev–Trinajstić information content (AvgIpc) is 3.61. The van der Waals surface area contributed by atoms with Crippen LogP contribution in [-0.4, -0.2) is 86.5 Å². The molecule has 6 heterocycles. The lowest BCUT2D eigenvalue weighted by Gasteiger charge is -2.47. The minimum absolute atomic E-state index is 0.178. The van der Waals surface area contributed by atoms with Crippen molar-refractivity contribution < 1.29 is 14.7 Å². The van der Waals surface area contributed by atoms with Crippen LogP contribution in [-0.2, 0) is 9.53 Å². The number of ether oxygens (including phenoxy) is 1. The van der Waals surface area contributed by atoms with Crippen molar-refractivity contribution in [3.63, 3.8) is 0 Å². The molecule has 6 aliphatic heterocycles. The summed E-state index contributed by atoms with van der Waals surface area (Å²) in [4.78, 5) is 32.5. The summed E-state index contributed by atoms with van der Waals surface area (Å²) >= 11 is 0. The van der Waals surface area contributed by atoms with Crippen LogP contribution in [0.4, 0.5) is 0 Å². The molecule has 44 heavy (non-hydrogen) atoms. The first kappa shape index (κ1) is 31.6. The van der Waals surface area contributed by atoms with E-state index in [-0.39, 0.29) is 12.0 Å². The van der Waals surface area contributed by atoms with Gasteiger partial charge in [-0.15, -0.1) is 0 Å². The Balaban J connectivity index is 0.902. The van der Waals surface area contributed by atoms with Crippen molar-refractivity contribution >= 4 is 23.6 Å². The third-order valence-corrected chi connectivity index (χ3v) is 11.0. The lowest BCUT2D eigenvalue weighted by atomic mass is 9.96. The molecule has 0 bridgehead atoms. The monoisotopic (exact) mass is 608 g/mol. The molecule has 0 spiro atoms. The van der Waals surface area contributed by atoms with E-state index in [2.05, 4.69) is 23.6 Å². The van der Waals surface area contributed by atoms with Crippen molar-refractivity contribution in [1.82, 2.24) is 14.9 Å². The average molecular weight is 609 g/mol. The second kappa shape index (κ2) is 14.3. The van der Waals surface area contributed by atoms with Gasteiger partial charge in [0.05, 0.1) is 30.4 Å². The van der Waals surface area contributed by atoms with E-state index in [0.717, 1.165) is 100 Å². The molecule has 1 N–H and O–H groups in total. The number of hydrogen-bond donors (Lipinski definition) is 1. The molecule has 0 unspecified atom stereocenters. The van der Waals surface area contributed by atoms with Gasteiger partial charge < -0.3 is 14.5 Å². The molecule has 3 saturated heterocycles. The molecule has 6 aliphatic rings. The highest BCUT2D eigenvalue weighted by atomic mass is 16.5. The van der Waals surface area contributed by atoms with Gasteiger partial charge in [-0.2, -0.15) is 0 Å². The van der Waals surface area contributed by atoms with Crippen LogP contribution in [0.25, 0.3) is 0 Å². The number of rotatable bonds is 15. The molecule has 0 aromatic rings. The minimum Gasteiger partial charge on any atom is -0.462 e. The highest BCUT2D eigenvalue weighted by Crippen LogP contribution is 2.41. The SMILES string of the molecule is CCCCCCC[C@@H]1C[C@@H]2CCC3=C(C(=O)OCCCCCCC[C@@H]4C[C@@H]5CC[C@@H]6C[C@H](C)N=C(N4O)N65)C(C)=NC(=N1)N32. The Kier molecular flexibility index (Phi) is 10.3. The topological polar surface area (TPSA) is 93.3 Å². The molecule has 0 saturated carbocycles. The number of unbranched alkanes of at least 4 members (excludes halogenated alkanes) is 8. The quantitative estimate of drug-likeness (QED) is 0.159. The largest absolute Gasteiger partial charge is 0.462 e. The van der Waals surface area contributed by atoms with Crippen LogP contribution in [0.15, 0.2) is 26.2 Å². The molecule has 3 fully saturated rings. The zero-order valence-corrected chi connectivity index (χ0v) is 27.6. The molecule has 0 amide bonds. The van der Waals surface area contributed by atoms with Crippen LogP contribution in [0, 0.1) is 0 Å². The fraction of sp³-hybridized carbons (Fsp3) is 0.829. The predicted molar refractivity (Wildman–Crippen MR) is 175 cm³/mol. The number of esters is 1. The Hall–Kier alpha value is -2.42. The second-order valence-electron chi connectivity index (χ2n) is 14.3. The Bertz CT molecular complexity index is 1160. The van der Waals surface area contributed by atoms with Crippen molar-refractivity contribution in [2.45, 2.75) is 179 Å². The van der Waals surface area contributed by atoms with Gasteiger partial charge in [0, 0.05) is 23.8 Å². The van der Waals surface area contributed by atoms with Gasteiger partial charge in [0.1, 0.15) is 5.57 Å². The zero-order chi connectivity index (χ0) is 30.6. The fourth-order valence-corrected chi connectivity index (χ4v) is 8.75. The van der Waals surface area contributed by atoms with Crippen LogP contribution in [0.5, 0.6) is 0 Å². The number of guanidine groups is 2. The minimum atomic E-state index is -0.220. The number of carbonyl (C=O) groups excluding carboxylic acids is 1. The van der Waals surface area contributed by atoms with E-state index in [1.54, 1.807) is 0 Å². The number of aliphatic imine (C=N–C) groups is 3. The van der Waals surface area contributed by atoms with E-state index in [1.807, 2.05) is 6.92 Å². The van der Waals surface area contributed by atoms with E-state index in [9.17, 15) is 10.0 Å². The molecule has 0 radical (unpaired) electrons.